The third-order valence-electron chi connectivity index (χ3n) is 4.23. The van der Waals surface area contributed by atoms with Crippen LogP contribution in [0.2, 0.25) is 0 Å². The van der Waals surface area contributed by atoms with Gasteiger partial charge in [-0.1, -0.05) is 6.42 Å². The minimum atomic E-state index is -3.31. The zero-order valence-corrected chi connectivity index (χ0v) is 15.7. The van der Waals surface area contributed by atoms with E-state index in [9.17, 15) is 13.2 Å². The number of hydrogen-bond donors (Lipinski definition) is 3. The Bertz CT molecular complexity index is 679. The number of rotatable bonds is 5. The Balaban J connectivity index is 0.00000288. The molecule has 24 heavy (non-hydrogen) atoms. The Morgan fingerprint density at radius 1 is 1.33 bits per heavy atom. The lowest BCUT2D eigenvalue weighted by Crippen LogP contribution is -2.34. The molecule has 1 fully saturated rings. The second kappa shape index (κ2) is 8.69. The van der Waals surface area contributed by atoms with Gasteiger partial charge in [0.15, 0.2) is 0 Å². The summed E-state index contributed by atoms with van der Waals surface area (Å²) in [6.07, 6.45) is 3.55. The number of aryl methyl sites for hydroxylation is 1. The number of benzene rings is 1. The molecule has 0 saturated heterocycles. The number of carbonyl (C=O) groups is 1. The largest absolute Gasteiger partial charge is 0.328 e. The summed E-state index contributed by atoms with van der Waals surface area (Å²) < 4.78 is 25.8. The van der Waals surface area contributed by atoms with E-state index in [2.05, 4.69) is 10.0 Å². The summed E-state index contributed by atoms with van der Waals surface area (Å²) in [5, 5.41) is 2.91. The molecule has 1 aromatic rings. The first-order valence-corrected chi connectivity index (χ1v) is 9.63. The Morgan fingerprint density at radius 3 is 2.62 bits per heavy atom. The van der Waals surface area contributed by atoms with Crippen molar-refractivity contribution >= 4 is 39.7 Å². The second-order valence-electron chi connectivity index (χ2n) is 6.15. The summed E-state index contributed by atoms with van der Waals surface area (Å²) in [6, 6.07) is 5.26. The molecule has 0 spiro atoms. The Kier molecular flexibility index (Phi) is 7.51. The van der Waals surface area contributed by atoms with Crippen LogP contribution in [0.25, 0.3) is 0 Å². The Morgan fingerprint density at radius 2 is 2.04 bits per heavy atom. The van der Waals surface area contributed by atoms with Crippen molar-refractivity contribution in [1.29, 1.82) is 0 Å². The molecule has 0 radical (unpaired) electrons. The van der Waals surface area contributed by atoms with Crippen LogP contribution >= 0.6 is 12.4 Å². The van der Waals surface area contributed by atoms with E-state index in [1.807, 2.05) is 0 Å². The summed E-state index contributed by atoms with van der Waals surface area (Å²) in [6.45, 7) is 3.39. The summed E-state index contributed by atoms with van der Waals surface area (Å²) in [7, 11) is -3.31. The topological polar surface area (TPSA) is 101 Å². The van der Waals surface area contributed by atoms with Gasteiger partial charge in [0.1, 0.15) is 0 Å². The summed E-state index contributed by atoms with van der Waals surface area (Å²) in [4.78, 5) is 12.3. The maximum Gasteiger partial charge on any atom is 0.232 e. The van der Waals surface area contributed by atoms with Crippen molar-refractivity contribution in [3.63, 3.8) is 0 Å². The number of sulfonamides is 1. The Hall–Kier alpha value is -1.31. The number of hydrogen-bond acceptors (Lipinski definition) is 4. The highest BCUT2D eigenvalue weighted by Crippen LogP contribution is 2.26. The van der Waals surface area contributed by atoms with Gasteiger partial charge in [-0.2, -0.15) is 0 Å². The van der Waals surface area contributed by atoms with E-state index in [0.29, 0.717) is 11.4 Å². The highest BCUT2D eigenvalue weighted by Gasteiger charge is 2.25. The van der Waals surface area contributed by atoms with Crippen LogP contribution < -0.4 is 15.8 Å². The molecule has 0 heterocycles. The lowest BCUT2D eigenvalue weighted by Gasteiger charge is -2.25. The van der Waals surface area contributed by atoms with Crippen LogP contribution in [0.4, 0.5) is 11.4 Å². The minimum Gasteiger partial charge on any atom is -0.328 e. The fourth-order valence-electron chi connectivity index (χ4n) is 2.81. The summed E-state index contributed by atoms with van der Waals surface area (Å²) >= 11 is 0. The molecular formula is C16H26ClN3O3S. The molecule has 136 valence electrons. The first-order chi connectivity index (χ1) is 10.8. The van der Waals surface area contributed by atoms with Gasteiger partial charge >= 0.3 is 0 Å². The van der Waals surface area contributed by atoms with Crippen LogP contribution in [0.1, 0.15) is 38.2 Å². The predicted molar refractivity (Wildman–Crippen MR) is 100 cm³/mol. The molecule has 0 aromatic heterocycles. The van der Waals surface area contributed by atoms with Crippen molar-refractivity contribution in [3.05, 3.63) is 23.8 Å². The van der Waals surface area contributed by atoms with E-state index >= 15 is 0 Å². The monoisotopic (exact) mass is 375 g/mol. The summed E-state index contributed by atoms with van der Waals surface area (Å²) in [5.74, 6) is -0.0360. The van der Waals surface area contributed by atoms with Crippen molar-refractivity contribution in [1.82, 2.24) is 0 Å². The smallest absolute Gasteiger partial charge is 0.232 e. The van der Waals surface area contributed by atoms with E-state index < -0.39 is 10.0 Å². The van der Waals surface area contributed by atoms with Crippen LogP contribution in [0.3, 0.4) is 0 Å². The van der Waals surface area contributed by atoms with E-state index in [1.165, 1.54) is 0 Å². The molecule has 0 bridgehead atoms. The molecule has 1 aliphatic rings. The number of anilines is 2. The van der Waals surface area contributed by atoms with Gasteiger partial charge in [-0.25, -0.2) is 8.42 Å². The number of nitrogens with one attached hydrogen (secondary N) is 2. The number of amides is 1. The van der Waals surface area contributed by atoms with Gasteiger partial charge in [-0.15, -0.1) is 12.4 Å². The maximum atomic E-state index is 12.3. The zero-order chi connectivity index (χ0) is 17.0. The van der Waals surface area contributed by atoms with E-state index in [0.717, 1.165) is 31.2 Å². The van der Waals surface area contributed by atoms with Gasteiger partial charge in [0, 0.05) is 17.6 Å². The molecule has 2 unspecified atom stereocenters. The third-order valence-corrected chi connectivity index (χ3v) is 5.52. The van der Waals surface area contributed by atoms with Crippen molar-refractivity contribution < 1.29 is 13.2 Å². The maximum absolute atomic E-state index is 12.3. The first-order valence-electron chi connectivity index (χ1n) is 7.98. The number of halogens is 1. The molecular weight excluding hydrogens is 350 g/mol. The van der Waals surface area contributed by atoms with Gasteiger partial charge in [0.05, 0.1) is 11.4 Å². The van der Waals surface area contributed by atoms with Crippen molar-refractivity contribution in [2.24, 2.45) is 11.7 Å². The third kappa shape index (κ3) is 5.65. The molecule has 4 N–H and O–H groups in total. The molecule has 2 rings (SSSR count). The van der Waals surface area contributed by atoms with Crippen LogP contribution in [0.15, 0.2) is 18.2 Å². The predicted octanol–water partition coefficient (Wildman–Crippen LogP) is 2.63. The fourth-order valence-corrected chi connectivity index (χ4v) is 3.51. The van der Waals surface area contributed by atoms with Crippen molar-refractivity contribution in [3.8, 4) is 0 Å². The quantitative estimate of drug-likeness (QED) is 0.736. The molecule has 2 atom stereocenters. The highest BCUT2D eigenvalue weighted by atomic mass is 35.5. The van der Waals surface area contributed by atoms with Crippen LogP contribution in [0, 0.1) is 12.8 Å². The molecule has 0 aliphatic heterocycles. The van der Waals surface area contributed by atoms with Gasteiger partial charge < -0.3 is 11.1 Å². The molecule has 1 amide bonds. The van der Waals surface area contributed by atoms with E-state index in [-0.39, 0.29) is 36.0 Å². The molecule has 1 aliphatic carbocycles. The van der Waals surface area contributed by atoms with Gasteiger partial charge in [-0.3, -0.25) is 9.52 Å². The van der Waals surface area contributed by atoms with E-state index in [4.69, 9.17) is 5.73 Å². The van der Waals surface area contributed by atoms with Gasteiger partial charge in [-0.05, 0) is 56.9 Å². The highest BCUT2D eigenvalue weighted by molar-refractivity contribution is 7.92. The van der Waals surface area contributed by atoms with E-state index in [1.54, 1.807) is 32.0 Å². The average molecular weight is 376 g/mol. The fraction of sp³-hybridized carbons (Fsp3) is 0.562. The van der Waals surface area contributed by atoms with Gasteiger partial charge in [0.2, 0.25) is 15.9 Å². The lowest BCUT2D eigenvalue weighted by molar-refractivity contribution is -0.120. The SMILES string of the molecule is CCS(=O)(=O)Nc1ccc(NC(=O)C2CCCC(N)C2)cc1C.Cl. The zero-order valence-electron chi connectivity index (χ0n) is 14.0. The standard InChI is InChI=1S/C16H25N3O3S.ClH/c1-3-23(21,22)19-15-8-7-14(9-11(15)2)18-16(20)12-5-4-6-13(17)10-12;/h7-9,12-13,19H,3-6,10,17H2,1-2H3,(H,18,20);1H. The average Bonchev–Trinajstić information content (AvgIpc) is 2.50. The van der Waals surface area contributed by atoms with Crippen molar-refractivity contribution in [2.45, 2.75) is 45.6 Å². The Labute approximate surface area is 150 Å². The molecule has 6 nitrogen and oxygen atoms in total. The second-order valence-corrected chi connectivity index (χ2v) is 8.16. The number of carbonyl (C=O) groups excluding carboxylic acids is 1. The number of nitrogens with two attached hydrogens (primary N) is 1. The molecule has 1 aromatic carbocycles. The van der Waals surface area contributed by atoms with Crippen LogP contribution in [-0.4, -0.2) is 26.1 Å². The van der Waals surface area contributed by atoms with Crippen LogP contribution in [-0.2, 0) is 14.8 Å². The normalized spacial score (nSPS) is 20.8. The lowest BCUT2D eigenvalue weighted by atomic mass is 9.85. The van der Waals surface area contributed by atoms with Crippen LogP contribution in [0.5, 0.6) is 0 Å². The minimum absolute atomic E-state index is 0. The van der Waals surface area contributed by atoms with Crippen molar-refractivity contribution in [2.75, 3.05) is 15.8 Å². The summed E-state index contributed by atoms with van der Waals surface area (Å²) in [5.41, 5.74) is 7.90. The first kappa shape index (κ1) is 20.7. The molecule has 1 saturated carbocycles. The van der Waals surface area contributed by atoms with Gasteiger partial charge in [0.25, 0.3) is 0 Å². The molecule has 8 heteroatoms.